The summed E-state index contributed by atoms with van der Waals surface area (Å²) in [5.74, 6) is 0. The Balaban J connectivity index is 1.80. The number of likely N-dealkylation sites (tertiary alicyclic amines) is 1. The molecule has 0 saturated carbocycles. The van der Waals surface area contributed by atoms with E-state index in [-0.39, 0.29) is 12.1 Å². The van der Waals surface area contributed by atoms with Gasteiger partial charge in [0.05, 0.1) is 11.6 Å². The van der Waals surface area contributed by atoms with Crippen LogP contribution >= 0.6 is 0 Å². The van der Waals surface area contributed by atoms with E-state index in [1.54, 1.807) is 29.2 Å². The van der Waals surface area contributed by atoms with Gasteiger partial charge in [0.1, 0.15) is 5.60 Å². The molecule has 1 aromatic carbocycles. The monoisotopic (exact) mass is 344 g/mol. The molecule has 1 aromatic rings. The van der Waals surface area contributed by atoms with Crippen LogP contribution in [0.15, 0.2) is 24.3 Å². The largest absolute Gasteiger partial charge is 0.444 e. The second-order valence-corrected chi connectivity index (χ2v) is 7.03. The van der Waals surface area contributed by atoms with Crippen molar-refractivity contribution < 1.29 is 14.3 Å². The van der Waals surface area contributed by atoms with E-state index in [1.807, 2.05) is 26.8 Å². The molecule has 0 unspecified atom stereocenters. The van der Waals surface area contributed by atoms with Gasteiger partial charge in [0.15, 0.2) is 0 Å². The van der Waals surface area contributed by atoms with Crippen molar-refractivity contribution in [2.45, 2.75) is 45.3 Å². The first-order valence-corrected chi connectivity index (χ1v) is 8.32. The highest BCUT2D eigenvalue weighted by Crippen LogP contribution is 2.15. The van der Waals surface area contributed by atoms with Crippen molar-refractivity contribution in [1.82, 2.24) is 10.2 Å². The first kappa shape index (κ1) is 18.6. The van der Waals surface area contributed by atoms with Crippen molar-refractivity contribution in [3.05, 3.63) is 29.8 Å². The zero-order chi connectivity index (χ0) is 18.4. The third-order valence-corrected chi connectivity index (χ3v) is 3.75. The van der Waals surface area contributed by atoms with Gasteiger partial charge < -0.3 is 20.3 Å². The Kier molecular flexibility index (Phi) is 5.86. The van der Waals surface area contributed by atoms with Crippen LogP contribution in [-0.4, -0.2) is 41.8 Å². The van der Waals surface area contributed by atoms with Gasteiger partial charge in [0, 0.05) is 24.8 Å². The number of piperidine rings is 1. The van der Waals surface area contributed by atoms with Gasteiger partial charge in [-0.3, -0.25) is 0 Å². The molecule has 0 aliphatic carbocycles. The molecule has 2 N–H and O–H groups in total. The summed E-state index contributed by atoms with van der Waals surface area (Å²) < 4.78 is 5.25. The van der Waals surface area contributed by atoms with Crippen molar-refractivity contribution in [3.8, 4) is 6.07 Å². The number of anilines is 1. The van der Waals surface area contributed by atoms with Gasteiger partial charge >= 0.3 is 12.1 Å². The fourth-order valence-electron chi connectivity index (χ4n) is 2.57. The van der Waals surface area contributed by atoms with E-state index in [0.717, 1.165) is 0 Å². The van der Waals surface area contributed by atoms with Gasteiger partial charge in [-0.15, -0.1) is 0 Å². The van der Waals surface area contributed by atoms with E-state index in [2.05, 4.69) is 10.6 Å². The summed E-state index contributed by atoms with van der Waals surface area (Å²) in [5.41, 5.74) is 0.568. The van der Waals surface area contributed by atoms with Gasteiger partial charge in [0.2, 0.25) is 0 Å². The molecule has 1 saturated heterocycles. The van der Waals surface area contributed by atoms with Crippen LogP contribution < -0.4 is 10.6 Å². The molecule has 1 heterocycles. The fraction of sp³-hybridized carbons (Fsp3) is 0.500. The van der Waals surface area contributed by atoms with Crippen molar-refractivity contribution >= 4 is 17.8 Å². The lowest BCUT2D eigenvalue weighted by Gasteiger charge is -2.32. The molecule has 0 spiro atoms. The van der Waals surface area contributed by atoms with E-state index in [9.17, 15) is 9.59 Å². The summed E-state index contributed by atoms with van der Waals surface area (Å²) in [6.45, 7) is 6.55. The normalized spacial score (nSPS) is 15.2. The Morgan fingerprint density at radius 2 is 1.96 bits per heavy atom. The molecule has 1 aliphatic heterocycles. The van der Waals surface area contributed by atoms with Crippen LogP contribution in [0.1, 0.15) is 39.2 Å². The van der Waals surface area contributed by atoms with Crippen LogP contribution in [0.3, 0.4) is 0 Å². The van der Waals surface area contributed by atoms with Crippen LogP contribution in [0.25, 0.3) is 0 Å². The van der Waals surface area contributed by atoms with Crippen molar-refractivity contribution in [3.63, 3.8) is 0 Å². The molecular formula is C18H24N4O3. The molecule has 0 atom stereocenters. The number of carbonyl (C=O) groups is 2. The lowest BCUT2D eigenvalue weighted by Crippen LogP contribution is -2.48. The maximum absolute atomic E-state index is 12.3. The SMILES string of the molecule is CC(C)(C)OC(=O)NC1CCN(C(=O)Nc2cccc(C#N)c2)CC1. The molecule has 7 nitrogen and oxygen atoms in total. The lowest BCUT2D eigenvalue weighted by molar-refractivity contribution is 0.0486. The quantitative estimate of drug-likeness (QED) is 0.862. The van der Waals surface area contributed by atoms with Gasteiger partial charge in [-0.25, -0.2) is 9.59 Å². The minimum Gasteiger partial charge on any atom is -0.444 e. The van der Waals surface area contributed by atoms with Crippen LogP contribution in [0, 0.1) is 11.3 Å². The third kappa shape index (κ3) is 5.99. The molecule has 0 bridgehead atoms. The zero-order valence-corrected chi connectivity index (χ0v) is 14.8. The summed E-state index contributed by atoms with van der Waals surface area (Å²) in [5, 5.41) is 14.5. The number of nitrogens with zero attached hydrogens (tertiary/aromatic N) is 2. The smallest absolute Gasteiger partial charge is 0.407 e. The van der Waals surface area contributed by atoms with Crippen LogP contribution in [0.2, 0.25) is 0 Å². The summed E-state index contributed by atoms with van der Waals surface area (Å²) >= 11 is 0. The average molecular weight is 344 g/mol. The maximum Gasteiger partial charge on any atom is 0.407 e. The maximum atomic E-state index is 12.3. The molecule has 134 valence electrons. The Morgan fingerprint density at radius 1 is 1.28 bits per heavy atom. The molecular weight excluding hydrogens is 320 g/mol. The van der Waals surface area contributed by atoms with Crippen LogP contribution in [-0.2, 0) is 4.74 Å². The van der Waals surface area contributed by atoms with Gasteiger partial charge in [-0.1, -0.05) is 6.07 Å². The van der Waals surface area contributed by atoms with E-state index in [0.29, 0.717) is 37.2 Å². The minimum atomic E-state index is -0.525. The number of benzene rings is 1. The van der Waals surface area contributed by atoms with Crippen molar-refractivity contribution in [2.24, 2.45) is 0 Å². The van der Waals surface area contributed by atoms with Crippen LogP contribution in [0.5, 0.6) is 0 Å². The number of hydrogen-bond donors (Lipinski definition) is 2. The van der Waals surface area contributed by atoms with Crippen molar-refractivity contribution in [1.29, 1.82) is 5.26 Å². The first-order valence-electron chi connectivity index (χ1n) is 8.32. The molecule has 7 heteroatoms. The van der Waals surface area contributed by atoms with E-state index in [4.69, 9.17) is 10.00 Å². The molecule has 0 radical (unpaired) electrons. The summed E-state index contributed by atoms with van der Waals surface area (Å²) in [7, 11) is 0. The van der Waals surface area contributed by atoms with E-state index >= 15 is 0 Å². The molecule has 0 aromatic heterocycles. The summed E-state index contributed by atoms with van der Waals surface area (Å²) in [6, 6.07) is 8.63. The Bertz CT molecular complexity index is 668. The predicted molar refractivity (Wildman–Crippen MR) is 94.1 cm³/mol. The highest BCUT2D eigenvalue weighted by Gasteiger charge is 2.25. The molecule has 2 rings (SSSR count). The minimum absolute atomic E-state index is 0.000756. The highest BCUT2D eigenvalue weighted by atomic mass is 16.6. The zero-order valence-electron chi connectivity index (χ0n) is 14.8. The number of ether oxygens (including phenoxy) is 1. The van der Waals surface area contributed by atoms with Gasteiger partial charge in [-0.2, -0.15) is 5.26 Å². The van der Waals surface area contributed by atoms with Crippen molar-refractivity contribution in [2.75, 3.05) is 18.4 Å². The van der Waals surface area contributed by atoms with Crippen LogP contribution in [0.4, 0.5) is 15.3 Å². The second kappa shape index (κ2) is 7.88. The average Bonchev–Trinajstić information content (AvgIpc) is 2.53. The highest BCUT2D eigenvalue weighted by molar-refractivity contribution is 5.89. The number of urea groups is 1. The molecule has 3 amide bonds. The standard InChI is InChI=1S/C18H24N4O3/c1-18(2,3)25-17(24)21-14-7-9-22(10-8-14)16(23)20-15-6-4-5-13(11-15)12-19/h4-6,11,14H,7-10H2,1-3H3,(H,20,23)(H,21,24). The Hall–Kier alpha value is -2.75. The molecule has 1 fully saturated rings. The predicted octanol–water partition coefficient (Wildman–Crippen LogP) is 3.08. The molecule has 25 heavy (non-hydrogen) atoms. The number of alkyl carbamates (subject to hydrolysis) is 1. The number of amides is 3. The number of rotatable bonds is 2. The van der Waals surface area contributed by atoms with Gasteiger partial charge in [0.25, 0.3) is 0 Å². The number of nitrogens with one attached hydrogen (secondary N) is 2. The Morgan fingerprint density at radius 3 is 2.56 bits per heavy atom. The van der Waals surface area contributed by atoms with E-state index in [1.165, 1.54) is 0 Å². The molecule has 1 aliphatic rings. The summed E-state index contributed by atoms with van der Waals surface area (Å²) in [4.78, 5) is 25.8. The number of hydrogen-bond acceptors (Lipinski definition) is 4. The number of carbonyl (C=O) groups excluding carboxylic acids is 2. The summed E-state index contributed by atoms with van der Waals surface area (Å²) in [6.07, 6.45) is 0.916. The third-order valence-electron chi connectivity index (χ3n) is 3.75. The fourth-order valence-corrected chi connectivity index (χ4v) is 2.57. The first-order chi connectivity index (χ1) is 11.8. The van der Waals surface area contributed by atoms with E-state index < -0.39 is 11.7 Å². The topological polar surface area (TPSA) is 94.5 Å². The number of nitriles is 1. The Labute approximate surface area is 147 Å². The lowest BCUT2D eigenvalue weighted by atomic mass is 10.1. The second-order valence-electron chi connectivity index (χ2n) is 7.03. The van der Waals surface area contributed by atoms with Gasteiger partial charge in [-0.05, 0) is 51.8 Å².